The third-order valence-electron chi connectivity index (χ3n) is 1.80. The Kier molecular flexibility index (Phi) is 4.23. The normalized spacial score (nSPS) is 10.6. The van der Waals surface area contributed by atoms with Crippen molar-refractivity contribution in [1.82, 2.24) is 0 Å². The Bertz CT molecular complexity index is 202. The second kappa shape index (κ2) is 5.26. The van der Waals surface area contributed by atoms with Crippen LogP contribution in [0.15, 0.2) is 35.2 Å². The Morgan fingerprint density at radius 3 is 2.50 bits per heavy atom. The number of benzene rings is 1. The molecule has 1 unspecified atom stereocenters. The summed E-state index contributed by atoms with van der Waals surface area (Å²) in [5.41, 5.74) is 0. The number of hydrogen-bond donors (Lipinski definition) is 0. The molecule has 1 heteroatoms. The summed E-state index contributed by atoms with van der Waals surface area (Å²) in [5, 5.41) is 0.660. The van der Waals surface area contributed by atoms with Crippen molar-refractivity contribution in [2.75, 3.05) is 0 Å². The van der Waals surface area contributed by atoms with Crippen LogP contribution in [0.5, 0.6) is 0 Å². The molecule has 0 fully saturated rings. The van der Waals surface area contributed by atoms with Crippen molar-refractivity contribution in [2.45, 2.75) is 30.4 Å². The molecule has 0 aliphatic rings. The predicted molar refractivity (Wildman–Crippen MR) is 56.4 cm³/mol. The van der Waals surface area contributed by atoms with Crippen molar-refractivity contribution in [3.63, 3.8) is 0 Å². The molecule has 0 heterocycles. The van der Waals surface area contributed by atoms with Gasteiger partial charge in [-0.2, -0.15) is 0 Å². The van der Waals surface area contributed by atoms with Crippen molar-refractivity contribution < 1.29 is 0 Å². The molecule has 0 aliphatic carbocycles. The fourth-order valence-electron chi connectivity index (χ4n) is 1.06. The van der Waals surface area contributed by atoms with E-state index in [4.69, 9.17) is 0 Å². The van der Waals surface area contributed by atoms with Crippen LogP contribution in [0.4, 0.5) is 0 Å². The molecule has 1 radical (unpaired) electrons. The van der Waals surface area contributed by atoms with Gasteiger partial charge in [-0.25, -0.2) is 0 Å². The quantitative estimate of drug-likeness (QED) is 0.634. The van der Waals surface area contributed by atoms with Crippen LogP contribution in [0, 0.1) is 6.42 Å². The molecule has 12 heavy (non-hydrogen) atoms. The van der Waals surface area contributed by atoms with Crippen LogP contribution in [0.3, 0.4) is 0 Å². The molecule has 0 saturated heterocycles. The Hall–Kier alpha value is -0.430. The van der Waals surface area contributed by atoms with E-state index in [1.807, 2.05) is 11.8 Å². The van der Waals surface area contributed by atoms with Crippen LogP contribution in [0.1, 0.15) is 20.3 Å². The fourth-order valence-corrected chi connectivity index (χ4v) is 2.03. The third-order valence-corrected chi connectivity index (χ3v) is 3.26. The molecular formula is C11H15S. The fraction of sp³-hybridized carbons (Fsp3) is 0.364. The zero-order valence-electron chi connectivity index (χ0n) is 7.66. The van der Waals surface area contributed by atoms with E-state index in [1.165, 1.54) is 11.3 Å². The molecule has 1 aromatic carbocycles. The zero-order valence-corrected chi connectivity index (χ0v) is 8.47. The zero-order chi connectivity index (χ0) is 8.81. The van der Waals surface area contributed by atoms with Crippen LogP contribution in [-0.4, -0.2) is 5.25 Å². The number of thioether (sulfide) groups is 1. The highest BCUT2D eigenvalue weighted by molar-refractivity contribution is 8.00. The Morgan fingerprint density at radius 1 is 1.33 bits per heavy atom. The maximum absolute atomic E-state index is 2.26. The highest BCUT2D eigenvalue weighted by Gasteiger charge is 2.04. The largest absolute Gasteiger partial charge is 0.122 e. The molecule has 0 nitrogen and oxygen atoms in total. The first-order chi connectivity index (χ1) is 5.86. The van der Waals surface area contributed by atoms with E-state index in [-0.39, 0.29) is 0 Å². The lowest BCUT2D eigenvalue weighted by atomic mass is 10.3. The summed E-state index contributed by atoms with van der Waals surface area (Å²) in [6.07, 6.45) is 3.47. The minimum Gasteiger partial charge on any atom is -0.122 e. The molecule has 0 bridgehead atoms. The van der Waals surface area contributed by atoms with Gasteiger partial charge >= 0.3 is 0 Å². The lowest BCUT2D eigenvalue weighted by Gasteiger charge is -2.10. The van der Waals surface area contributed by atoms with Crippen molar-refractivity contribution in [3.8, 4) is 0 Å². The number of hydrogen-bond acceptors (Lipinski definition) is 1. The second-order valence-electron chi connectivity index (χ2n) is 2.71. The van der Waals surface area contributed by atoms with Gasteiger partial charge in [0.05, 0.1) is 0 Å². The topological polar surface area (TPSA) is 0 Å². The van der Waals surface area contributed by atoms with Gasteiger partial charge < -0.3 is 0 Å². The summed E-state index contributed by atoms with van der Waals surface area (Å²) >= 11 is 1.93. The van der Waals surface area contributed by atoms with Crippen LogP contribution in [0.25, 0.3) is 0 Å². The average Bonchev–Trinajstić information content (AvgIpc) is 2.16. The molecule has 0 N–H and O–H groups in total. The van der Waals surface area contributed by atoms with Gasteiger partial charge in [-0.15, -0.1) is 11.8 Å². The minimum absolute atomic E-state index is 0.660. The summed E-state index contributed by atoms with van der Waals surface area (Å²) in [5.74, 6) is 0. The Labute approximate surface area is 79.4 Å². The van der Waals surface area contributed by atoms with Crippen molar-refractivity contribution in [3.05, 3.63) is 36.8 Å². The molecule has 0 amide bonds. The monoisotopic (exact) mass is 179 g/mol. The molecule has 1 aromatic rings. The van der Waals surface area contributed by atoms with Gasteiger partial charge in [-0.05, 0) is 25.0 Å². The van der Waals surface area contributed by atoms with Crippen molar-refractivity contribution >= 4 is 11.8 Å². The van der Waals surface area contributed by atoms with E-state index in [9.17, 15) is 0 Å². The van der Waals surface area contributed by atoms with E-state index >= 15 is 0 Å². The van der Waals surface area contributed by atoms with Crippen molar-refractivity contribution in [1.29, 1.82) is 0 Å². The van der Waals surface area contributed by atoms with Crippen molar-refractivity contribution in [2.24, 2.45) is 0 Å². The van der Waals surface area contributed by atoms with Gasteiger partial charge in [0.25, 0.3) is 0 Å². The van der Waals surface area contributed by atoms with E-state index in [2.05, 4.69) is 50.6 Å². The van der Waals surface area contributed by atoms with Gasteiger partial charge in [-0.3, -0.25) is 0 Å². The van der Waals surface area contributed by atoms with Crippen LogP contribution < -0.4 is 0 Å². The molecule has 1 rings (SSSR count). The smallest absolute Gasteiger partial charge is 0.0120 e. The summed E-state index contributed by atoms with van der Waals surface area (Å²) in [4.78, 5) is 1.36. The molecule has 0 aliphatic heterocycles. The van der Waals surface area contributed by atoms with Crippen LogP contribution in [0.2, 0.25) is 0 Å². The van der Waals surface area contributed by atoms with Gasteiger partial charge in [-0.1, -0.05) is 32.0 Å². The van der Waals surface area contributed by atoms with Gasteiger partial charge in [0.2, 0.25) is 0 Å². The lowest BCUT2D eigenvalue weighted by molar-refractivity contribution is 0.919. The SMILES string of the molecule is C[CH]C(CC)Sc1ccccc1. The molecule has 1 atom stereocenters. The maximum Gasteiger partial charge on any atom is 0.0120 e. The molecule has 0 aromatic heterocycles. The summed E-state index contributed by atoms with van der Waals surface area (Å²) in [6, 6.07) is 10.6. The second-order valence-corrected chi connectivity index (χ2v) is 4.02. The van der Waals surface area contributed by atoms with Gasteiger partial charge in [0.15, 0.2) is 0 Å². The maximum atomic E-state index is 2.26. The summed E-state index contributed by atoms with van der Waals surface area (Å²) in [6.45, 7) is 4.35. The first-order valence-electron chi connectivity index (χ1n) is 4.38. The molecule has 0 saturated carbocycles. The van der Waals surface area contributed by atoms with E-state index in [0.717, 1.165) is 0 Å². The first kappa shape index (κ1) is 9.66. The Morgan fingerprint density at radius 2 is 2.00 bits per heavy atom. The van der Waals surface area contributed by atoms with Crippen LogP contribution in [-0.2, 0) is 0 Å². The summed E-state index contributed by atoms with van der Waals surface area (Å²) < 4.78 is 0. The van der Waals surface area contributed by atoms with E-state index in [0.29, 0.717) is 5.25 Å². The summed E-state index contributed by atoms with van der Waals surface area (Å²) in [7, 11) is 0. The first-order valence-corrected chi connectivity index (χ1v) is 5.26. The highest BCUT2D eigenvalue weighted by atomic mass is 32.2. The van der Waals surface area contributed by atoms with Crippen LogP contribution >= 0.6 is 11.8 Å². The molecule has 0 spiro atoms. The third kappa shape index (κ3) is 2.90. The lowest BCUT2D eigenvalue weighted by Crippen LogP contribution is -1.97. The Balaban J connectivity index is 2.51. The average molecular weight is 179 g/mol. The van der Waals surface area contributed by atoms with Gasteiger partial charge in [0.1, 0.15) is 0 Å². The predicted octanol–water partition coefficient (Wildman–Crippen LogP) is 3.78. The molecule has 65 valence electrons. The minimum atomic E-state index is 0.660. The van der Waals surface area contributed by atoms with E-state index < -0.39 is 0 Å². The standard InChI is InChI=1S/C11H15S/c1-3-10(4-2)12-11-8-6-5-7-9-11/h3,5-10H,4H2,1-2H3. The number of rotatable bonds is 4. The van der Waals surface area contributed by atoms with Gasteiger partial charge in [0, 0.05) is 10.1 Å². The highest BCUT2D eigenvalue weighted by Crippen LogP contribution is 2.26. The molecular weight excluding hydrogens is 164 g/mol. The van der Waals surface area contributed by atoms with E-state index in [1.54, 1.807) is 0 Å².